The topological polar surface area (TPSA) is 47.3 Å². The van der Waals surface area contributed by atoms with E-state index in [1.165, 1.54) is 12.1 Å². The zero-order chi connectivity index (χ0) is 24.4. The number of imidazole rings is 1. The van der Waals surface area contributed by atoms with Gasteiger partial charge in [-0.25, -0.2) is 4.98 Å². The number of hydrogen-bond donors (Lipinski definition) is 1. The number of benzene rings is 4. The summed E-state index contributed by atoms with van der Waals surface area (Å²) in [5.74, 6) is 0.386. The first kappa shape index (κ1) is 22.3. The summed E-state index contributed by atoms with van der Waals surface area (Å²) in [4.78, 5) is 4.99. The summed E-state index contributed by atoms with van der Waals surface area (Å²) >= 11 is 0. The molecule has 0 fully saturated rings. The number of aromatic hydroxyl groups is 1. The molecule has 0 radical (unpaired) electrons. The molecular weight excluding hydrogens is 453 g/mol. The minimum absolute atomic E-state index is 0.118. The Morgan fingerprint density at radius 3 is 1.80 bits per heavy atom. The van der Waals surface area contributed by atoms with Gasteiger partial charge in [0.05, 0.1) is 11.4 Å². The second kappa shape index (κ2) is 9.02. The Balaban J connectivity index is 1.78. The van der Waals surface area contributed by atoms with Gasteiger partial charge < -0.3 is 9.84 Å². The van der Waals surface area contributed by atoms with Crippen LogP contribution < -0.4 is 4.74 Å². The second-order valence-electron chi connectivity index (χ2n) is 7.79. The van der Waals surface area contributed by atoms with Crippen LogP contribution in [0.1, 0.15) is 0 Å². The fourth-order valence-electron chi connectivity index (χ4n) is 3.93. The standard InChI is InChI=1S/C28H19F3N2O2/c29-28(30,31)35-24-17-13-22(14-18-24)33-26(20-9-5-2-6-10-20)25(19-7-3-1-4-8-19)32-27(33)21-11-15-23(34)16-12-21/h1-18,34H. The van der Waals surface area contributed by atoms with E-state index in [4.69, 9.17) is 4.98 Å². The summed E-state index contributed by atoms with van der Waals surface area (Å²) in [6, 6.07) is 31.7. The molecule has 1 aromatic heterocycles. The molecule has 0 saturated carbocycles. The number of phenolic OH excluding ortho intramolecular Hbond substituents is 1. The van der Waals surface area contributed by atoms with Gasteiger partial charge in [-0.3, -0.25) is 4.57 Å². The third-order valence-electron chi connectivity index (χ3n) is 5.43. The maximum atomic E-state index is 12.7. The molecule has 0 bridgehead atoms. The van der Waals surface area contributed by atoms with Gasteiger partial charge in [-0.1, -0.05) is 60.7 Å². The predicted octanol–water partition coefficient (Wildman–Crippen LogP) is 7.48. The molecule has 0 saturated heterocycles. The first-order chi connectivity index (χ1) is 16.9. The van der Waals surface area contributed by atoms with Crippen LogP contribution in [0.25, 0.3) is 39.6 Å². The molecule has 4 aromatic carbocycles. The highest BCUT2D eigenvalue weighted by molar-refractivity contribution is 5.84. The van der Waals surface area contributed by atoms with Gasteiger partial charge in [-0.15, -0.1) is 13.2 Å². The van der Waals surface area contributed by atoms with E-state index >= 15 is 0 Å². The minimum Gasteiger partial charge on any atom is -0.508 e. The van der Waals surface area contributed by atoms with Crippen LogP contribution in [0.3, 0.4) is 0 Å². The highest BCUT2D eigenvalue weighted by atomic mass is 19.4. The molecule has 5 aromatic rings. The van der Waals surface area contributed by atoms with Crippen LogP contribution >= 0.6 is 0 Å². The monoisotopic (exact) mass is 472 g/mol. The Bertz CT molecular complexity index is 1430. The molecule has 0 aliphatic rings. The zero-order valence-corrected chi connectivity index (χ0v) is 18.3. The largest absolute Gasteiger partial charge is 0.573 e. The molecule has 0 aliphatic heterocycles. The van der Waals surface area contributed by atoms with Crippen molar-refractivity contribution in [2.75, 3.05) is 0 Å². The summed E-state index contributed by atoms with van der Waals surface area (Å²) in [5.41, 5.74) is 4.62. The first-order valence-corrected chi connectivity index (χ1v) is 10.8. The van der Waals surface area contributed by atoms with Crippen LogP contribution in [0.2, 0.25) is 0 Å². The number of phenols is 1. The normalized spacial score (nSPS) is 11.4. The Morgan fingerprint density at radius 1 is 0.657 bits per heavy atom. The van der Waals surface area contributed by atoms with Crippen molar-refractivity contribution in [3.8, 4) is 51.1 Å². The summed E-state index contributed by atoms with van der Waals surface area (Å²) in [6.45, 7) is 0. The quantitative estimate of drug-likeness (QED) is 0.289. The third kappa shape index (κ3) is 4.75. The Kier molecular flexibility index (Phi) is 5.74. The number of halogens is 3. The fourth-order valence-corrected chi connectivity index (χ4v) is 3.93. The van der Waals surface area contributed by atoms with Crippen molar-refractivity contribution in [2.24, 2.45) is 0 Å². The van der Waals surface area contributed by atoms with Gasteiger partial charge in [0.1, 0.15) is 17.3 Å². The summed E-state index contributed by atoms with van der Waals surface area (Å²) in [7, 11) is 0. The lowest BCUT2D eigenvalue weighted by molar-refractivity contribution is -0.274. The smallest absolute Gasteiger partial charge is 0.508 e. The van der Waals surface area contributed by atoms with Crippen LogP contribution in [0.4, 0.5) is 13.2 Å². The number of alkyl halides is 3. The summed E-state index contributed by atoms with van der Waals surface area (Å²) < 4.78 is 44.1. The van der Waals surface area contributed by atoms with Crippen molar-refractivity contribution < 1.29 is 23.0 Å². The molecular formula is C28H19F3N2O2. The van der Waals surface area contributed by atoms with Crippen LogP contribution in [0.5, 0.6) is 11.5 Å². The number of aromatic nitrogens is 2. The Morgan fingerprint density at radius 2 is 1.23 bits per heavy atom. The van der Waals surface area contributed by atoms with Gasteiger partial charge in [0, 0.05) is 22.4 Å². The molecule has 1 heterocycles. The zero-order valence-electron chi connectivity index (χ0n) is 18.3. The van der Waals surface area contributed by atoms with Gasteiger partial charge in [0.15, 0.2) is 0 Å². The van der Waals surface area contributed by atoms with E-state index in [1.807, 2.05) is 65.2 Å². The molecule has 5 rings (SSSR count). The minimum atomic E-state index is -4.77. The Hall–Kier alpha value is -4.52. The van der Waals surface area contributed by atoms with Crippen LogP contribution in [-0.2, 0) is 0 Å². The lowest BCUT2D eigenvalue weighted by atomic mass is 10.0. The maximum Gasteiger partial charge on any atom is 0.573 e. The van der Waals surface area contributed by atoms with Crippen molar-refractivity contribution in [1.29, 1.82) is 0 Å². The van der Waals surface area contributed by atoms with E-state index in [2.05, 4.69) is 4.74 Å². The van der Waals surface area contributed by atoms with E-state index < -0.39 is 6.36 Å². The van der Waals surface area contributed by atoms with Crippen molar-refractivity contribution in [3.05, 3.63) is 109 Å². The molecule has 0 spiro atoms. The van der Waals surface area contributed by atoms with Crippen molar-refractivity contribution in [2.45, 2.75) is 6.36 Å². The van der Waals surface area contributed by atoms with Gasteiger partial charge in [0.25, 0.3) is 0 Å². The van der Waals surface area contributed by atoms with E-state index in [-0.39, 0.29) is 11.5 Å². The highest BCUT2D eigenvalue weighted by Gasteiger charge is 2.31. The van der Waals surface area contributed by atoms with E-state index in [1.54, 1.807) is 36.4 Å². The SMILES string of the molecule is Oc1ccc(-c2nc(-c3ccccc3)c(-c3ccccc3)n2-c2ccc(OC(F)(F)F)cc2)cc1. The van der Waals surface area contributed by atoms with Crippen LogP contribution in [0, 0.1) is 0 Å². The molecule has 35 heavy (non-hydrogen) atoms. The van der Waals surface area contributed by atoms with Gasteiger partial charge in [-0.05, 0) is 48.5 Å². The number of hydrogen-bond acceptors (Lipinski definition) is 3. The van der Waals surface area contributed by atoms with Crippen molar-refractivity contribution in [3.63, 3.8) is 0 Å². The van der Waals surface area contributed by atoms with Crippen LogP contribution in [0.15, 0.2) is 109 Å². The van der Waals surface area contributed by atoms with E-state index in [0.29, 0.717) is 11.5 Å². The van der Waals surface area contributed by atoms with Gasteiger partial charge >= 0.3 is 6.36 Å². The molecule has 0 amide bonds. The first-order valence-electron chi connectivity index (χ1n) is 10.8. The molecule has 0 unspecified atom stereocenters. The summed E-state index contributed by atoms with van der Waals surface area (Å²) in [5, 5.41) is 9.80. The summed E-state index contributed by atoms with van der Waals surface area (Å²) in [6.07, 6.45) is -4.77. The molecule has 0 atom stereocenters. The molecule has 0 aliphatic carbocycles. The second-order valence-corrected chi connectivity index (χ2v) is 7.79. The third-order valence-corrected chi connectivity index (χ3v) is 5.43. The van der Waals surface area contributed by atoms with E-state index in [0.717, 1.165) is 28.1 Å². The van der Waals surface area contributed by atoms with Gasteiger partial charge in [-0.2, -0.15) is 0 Å². The number of nitrogens with zero attached hydrogens (tertiary/aromatic N) is 2. The lowest BCUT2D eigenvalue weighted by Gasteiger charge is -2.15. The molecule has 4 nitrogen and oxygen atoms in total. The average Bonchev–Trinajstić information content (AvgIpc) is 3.26. The van der Waals surface area contributed by atoms with Crippen molar-refractivity contribution in [1.82, 2.24) is 9.55 Å². The van der Waals surface area contributed by atoms with Crippen molar-refractivity contribution >= 4 is 0 Å². The average molecular weight is 472 g/mol. The van der Waals surface area contributed by atoms with E-state index in [9.17, 15) is 18.3 Å². The number of ether oxygens (including phenoxy) is 1. The highest BCUT2D eigenvalue weighted by Crippen LogP contribution is 2.39. The Labute approximate surface area is 199 Å². The predicted molar refractivity (Wildman–Crippen MR) is 128 cm³/mol. The molecule has 174 valence electrons. The maximum absolute atomic E-state index is 12.7. The lowest BCUT2D eigenvalue weighted by Crippen LogP contribution is -2.17. The van der Waals surface area contributed by atoms with Crippen LogP contribution in [-0.4, -0.2) is 21.0 Å². The number of rotatable bonds is 5. The molecule has 7 heteroatoms. The fraction of sp³-hybridized carbons (Fsp3) is 0.0357. The molecule has 1 N–H and O–H groups in total. The van der Waals surface area contributed by atoms with Gasteiger partial charge in [0.2, 0.25) is 0 Å².